The topological polar surface area (TPSA) is 80.0 Å². The number of nitrogens with one attached hydrogen (secondary N) is 1. The van der Waals surface area contributed by atoms with Crippen LogP contribution in [0.2, 0.25) is 0 Å². The van der Waals surface area contributed by atoms with E-state index in [-0.39, 0.29) is 6.04 Å². The van der Waals surface area contributed by atoms with Crippen LogP contribution < -0.4 is 16.0 Å². The molecule has 0 fully saturated rings. The fourth-order valence-corrected chi connectivity index (χ4v) is 2.53. The van der Waals surface area contributed by atoms with E-state index < -0.39 is 0 Å². The zero-order chi connectivity index (χ0) is 17.6. The van der Waals surface area contributed by atoms with Crippen molar-refractivity contribution in [2.45, 2.75) is 26.4 Å². The monoisotopic (exact) mass is 334 g/mol. The molecule has 6 heteroatoms. The molecule has 0 aliphatic carbocycles. The van der Waals surface area contributed by atoms with Gasteiger partial charge in [0.2, 0.25) is 0 Å². The van der Waals surface area contributed by atoms with Gasteiger partial charge in [-0.1, -0.05) is 36.4 Å². The van der Waals surface area contributed by atoms with E-state index in [0.717, 1.165) is 11.4 Å². The Hall–Kier alpha value is -3.15. The highest BCUT2D eigenvalue weighted by Gasteiger charge is 2.18. The molecular weight excluding hydrogens is 312 g/mol. The van der Waals surface area contributed by atoms with Gasteiger partial charge in [-0.2, -0.15) is 0 Å². The molecule has 0 saturated carbocycles. The molecule has 0 radical (unpaired) electrons. The highest BCUT2D eigenvalue weighted by Crippen LogP contribution is 2.32. The summed E-state index contributed by atoms with van der Waals surface area (Å²) in [5.74, 6) is 2.06. The summed E-state index contributed by atoms with van der Waals surface area (Å²) in [6.45, 7) is 4.70. The summed E-state index contributed by atoms with van der Waals surface area (Å²) in [6, 6.07) is 16.2. The molecule has 2 aromatic heterocycles. The van der Waals surface area contributed by atoms with Gasteiger partial charge in [0.15, 0.2) is 11.6 Å². The third-order valence-corrected chi connectivity index (χ3v) is 3.65. The predicted molar refractivity (Wildman–Crippen MR) is 102 cm³/mol. The molecule has 3 N–H and O–H groups in total. The molecule has 0 aliphatic heterocycles. The first-order chi connectivity index (χ1) is 12.1. The third-order valence-electron chi connectivity index (χ3n) is 3.65. The molecule has 0 saturated heterocycles. The Kier molecular flexibility index (Phi) is 5.09. The van der Waals surface area contributed by atoms with Gasteiger partial charge in [0.05, 0.1) is 6.54 Å². The van der Waals surface area contributed by atoms with Crippen LogP contribution in [-0.2, 0) is 6.54 Å². The average molecular weight is 334 g/mol. The van der Waals surface area contributed by atoms with Crippen molar-refractivity contribution in [3.05, 3.63) is 66.6 Å². The van der Waals surface area contributed by atoms with E-state index in [2.05, 4.69) is 32.4 Å². The molecule has 1 aromatic carbocycles. The summed E-state index contributed by atoms with van der Waals surface area (Å²) in [5.41, 5.74) is 8.02. The van der Waals surface area contributed by atoms with Crippen LogP contribution in [0.5, 0.6) is 0 Å². The lowest BCUT2D eigenvalue weighted by molar-refractivity contribution is 0.879. The minimum Gasteiger partial charge on any atom is -0.393 e. The number of nitrogens with two attached hydrogens (primary N) is 1. The van der Waals surface area contributed by atoms with Gasteiger partial charge in [-0.05, 0) is 31.5 Å². The normalized spacial score (nSPS) is 10.7. The summed E-state index contributed by atoms with van der Waals surface area (Å²) in [4.78, 5) is 15.2. The molecule has 0 bridgehead atoms. The summed E-state index contributed by atoms with van der Waals surface area (Å²) >= 11 is 0. The minimum atomic E-state index is 0.225. The van der Waals surface area contributed by atoms with Gasteiger partial charge in [0, 0.05) is 12.2 Å². The van der Waals surface area contributed by atoms with Crippen LogP contribution in [0.15, 0.2) is 61.1 Å². The Morgan fingerprint density at radius 1 is 1.00 bits per heavy atom. The lowest BCUT2D eigenvalue weighted by atomic mass is 10.2. The van der Waals surface area contributed by atoms with Crippen molar-refractivity contribution in [2.75, 3.05) is 16.0 Å². The number of hydrogen-bond donors (Lipinski definition) is 2. The Morgan fingerprint density at radius 3 is 2.44 bits per heavy atom. The Bertz CT molecular complexity index is 805. The molecule has 0 spiro atoms. The van der Waals surface area contributed by atoms with Crippen molar-refractivity contribution >= 4 is 23.1 Å². The minimum absolute atomic E-state index is 0.225. The predicted octanol–water partition coefficient (Wildman–Crippen LogP) is 3.61. The van der Waals surface area contributed by atoms with E-state index in [9.17, 15) is 0 Å². The van der Waals surface area contributed by atoms with E-state index in [1.54, 1.807) is 6.20 Å². The van der Waals surface area contributed by atoms with Crippen molar-refractivity contribution in [3.8, 4) is 0 Å². The lowest BCUT2D eigenvalue weighted by Crippen LogP contribution is -2.22. The summed E-state index contributed by atoms with van der Waals surface area (Å²) in [7, 11) is 0. The summed E-state index contributed by atoms with van der Waals surface area (Å²) < 4.78 is 0. The second kappa shape index (κ2) is 7.61. The van der Waals surface area contributed by atoms with Gasteiger partial charge in [0.25, 0.3) is 0 Å². The number of benzene rings is 1. The highest BCUT2D eigenvalue weighted by molar-refractivity contribution is 5.78. The zero-order valence-electron chi connectivity index (χ0n) is 14.4. The number of pyridine rings is 1. The average Bonchev–Trinajstić information content (AvgIpc) is 2.63. The third kappa shape index (κ3) is 4.03. The van der Waals surface area contributed by atoms with Gasteiger partial charge in [-0.25, -0.2) is 15.0 Å². The molecule has 0 unspecified atom stereocenters. The first kappa shape index (κ1) is 16.7. The fourth-order valence-electron chi connectivity index (χ4n) is 2.53. The first-order valence-corrected chi connectivity index (χ1v) is 8.24. The van der Waals surface area contributed by atoms with E-state index in [1.165, 1.54) is 6.33 Å². The molecule has 3 aromatic rings. The van der Waals surface area contributed by atoms with Crippen LogP contribution in [-0.4, -0.2) is 21.0 Å². The molecule has 6 nitrogen and oxygen atoms in total. The van der Waals surface area contributed by atoms with Crippen LogP contribution in [0.1, 0.15) is 19.4 Å². The van der Waals surface area contributed by atoms with E-state index in [0.29, 0.717) is 23.9 Å². The highest BCUT2D eigenvalue weighted by atomic mass is 15.3. The van der Waals surface area contributed by atoms with Crippen molar-refractivity contribution in [1.29, 1.82) is 0 Å². The lowest BCUT2D eigenvalue weighted by Gasteiger charge is -2.25. The summed E-state index contributed by atoms with van der Waals surface area (Å²) in [5, 5.41) is 3.26. The smallest absolute Gasteiger partial charge is 0.163 e. The van der Waals surface area contributed by atoms with E-state index in [1.807, 2.05) is 55.1 Å². The maximum Gasteiger partial charge on any atom is 0.163 e. The standard InChI is InChI=1S/C19H22N6/c1-14(2)24-18-17(20)19(23-13-22-18)25(16-10-6-7-11-21-16)12-15-8-4-3-5-9-15/h3-11,13-14H,12,20H2,1-2H3,(H,22,23,24). The van der Waals surface area contributed by atoms with Crippen molar-refractivity contribution in [3.63, 3.8) is 0 Å². The number of rotatable bonds is 6. The van der Waals surface area contributed by atoms with Gasteiger partial charge in [0.1, 0.15) is 17.8 Å². The number of nitrogens with zero attached hydrogens (tertiary/aromatic N) is 4. The molecule has 128 valence electrons. The quantitative estimate of drug-likeness (QED) is 0.717. The Morgan fingerprint density at radius 2 is 1.76 bits per heavy atom. The van der Waals surface area contributed by atoms with Crippen molar-refractivity contribution in [1.82, 2.24) is 15.0 Å². The van der Waals surface area contributed by atoms with Gasteiger partial charge >= 0.3 is 0 Å². The first-order valence-electron chi connectivity index (χ1n) is 8.24. The van der Waals surface area contributed by atoms with Gasteiger partial charge < -0.3 is 16.0 Å². The molecule has 0 atom stereocenters. The molecule has 0 amide bonds. The Balaban J connectivity index is 2.03. The van der Waals surface area contributed by atoms with Crippen molar-refractivity contribution < 1.29 is 0 Å². The van der Waals surface area contributed by atoms with Crippen LogP contribution in [0.4, 0.5) is 23.1 Å². The molecule has 0 aliphatic rings. The van der Waals surface area contributed by atoms with Crippen LogP contribution in [0.25, 0.3) is 0 Å². The van der Waals surface area contributed by atoms with Crippen molar-refractivity contribution in [2.24, 2.45) is 0 Å². The molecule has 3 rings (SSSR count). The van der Waals surface area contributed by atoms with Crippen LogP contribution in [0.3, 0.4) is 0 Å². The second-order valence-corrected chi connectivity index (χ2v) is 6.02. The SMILES string of the molecule is CC(C)Nc1ncnc(N(Cc2ccccc2)c2ccccn2)c1N. The summed E-state index contributed by atoms with van der Waals surface area (Å²) in [6.07, 6.45) is 3.29. The number of anilines is 4. The Labute approximate surface area is 147 Å². The van der Waals surface area contributed by atoms with E-state index >= 15 is 0 Å². The fraction of sp³-hybridized carbons (Fsp3) is 0.211. The van der Waals surface area contributed by atoms with Crippen LogP contribution in [0, 0.1) is 0 Å². The molecule has 2 heterocycles. The molecular formula is C19H22N6. The number of hydrogen-bond acceptors (Lipinski definition) is 6. The van der Waals surface area contributed by atoms with Crippen LogP contribution >= 0.6 is 0 Å². The largest absolute Gasteiger partial charge is 0.393 e. The van der Waals surface area contributed by atoms with E-state index in [4.69, 9.17) is 5.73 Å². The number of nitrogen functional groups attached to an aromatic ring is 1. The maximum absolute atomic E-state index is 6.37. The molecule has 25 heavy (non-hydrogen) atoms. The maximum atomic E-state index is 6.37. The zero-order valence-corrected chi connectivity index (χ0v) is 14.4. The number of aromatic nitrogens is 3. The van der Waals surface area contributed by atoms with Gasteiger partial charge in [-0.3, -0.25) is 0 Å². The van der Waals surface area contributed by atoms with Gasteiger partial charge in [-0.15, -0.1) is 0 Å². The second-order valence-electron chi connectivity index (χ2n) is 6.02.